The van der Waals surface area contributed by atoms with Gasteiger partial charge in [0, 0.05) is 6.54 Å². The standard InChI is InChI=1S/C17H16F3NO2/c18-17(19,20)14-8-4-7-13(9-14)11-21-15(16(22)23)10-12-5-2-1-3-6-12/h1-9,15,21H,10-11H2,(H,22,23)/t15-/m0/s1. The van der Waals surface area contributed by atoms with E-state index in [0.29, 0.717) is 5.56 Å². The molecule has 0 amide bonds. The second-order valence-corrected chi connectivity index (χ2v) is 5.16. The van der Waals surface area contributed by atoms with Crippen molar-refractivity contribution in [1.82, 2.24) is 5.32 Å². The number of carbonyl (C=O) groups is 1. The second-order valence-electron chi connectivity index (χ2n) is 5.16. The van der Waals surface area contributed by atoms with Crippen LogP contribution in [0.5, 0.6) is 0 Å². The van der Waals surface area contributed by atoms with Crippen LogP contribution in [0.4, 0.5) is 13.2 Å². The van der Waals surface area contributed by atoms with E-state index >= 15 is 0 Å². The summed E-state index contributed by atoms with van der Waals surface area (Å²) in [4.78, 5) is 11.3. The Labute approximate surface area is 131 Å². The van der Waals surface area contributed by atoms with E-state index in [1.165, 1.54) is 12.1 Å². The van der Waals surface area contributed by atoms with Crippen LogP contribution in [-0.2, 0) is 23.9 Å². The average molecular weight is 323 g/mol. The highest BCUT2D eigenvalue weighted by Gasteiger charge is 2.30. The summed E-state index contributed by atoms with van der Waals surface area (Å²) < 4.78 is 38.0. The number of rotatable bonds is 6. The fraction of sp³-hybridized carbons (Fsp3) is 0.235. The van der Waals surface area contributed by atoms with Gasteiger partial charge in [-0.2, -0.15) is 13.2 Å². The largest absolute Gasteiger partial charge is 0.480 e. The highest BCUT2D eigenvalue weighted by Crippen LogP contribution is 2.29. The molecule has 6 heteroatoms. The first-order valence-electron chi connectivity index (χ1n) is 7.02. The molecule has 0 aliphatic heterocycles. The third-order valence-corrected chi connectivity index (χ3v) is 3.39. The van der Waals surface area contributed by atoms with Crippen LogP contribution >= 0.6 is 0 Å². The van der Waals surface area contributed by atoms with Crippen LogP contribution < -0.4 is 5.32 Å². The average Bonchev–Trinajstić information content (AvgIpc) is 2.51. The Balaban J connectivity index is 2.03. The molecule has 0 saturated carbocycles. The minimum Gasteiger partial charge on any atom is -0.480 e. The van der Waals surface area contributed by atoms with Crippen molar-refractivity contribution in [2.24, 2.45) is 0 Å². The molecule has 0 spiro atoms. The number of halogens is 3. The molecule has 0 aromatic heterocycles. The van der Waals surface area contributed by atoms with Crippen LogP contribution in [-0.4, -0.2) is 17.1 Å². The Hall–Kier alpha value is -2.34. The predicted molar refractivity (Wildman–Crippen MR) is 79.9 cm³/mol. The zero-order chi connectivity index (χ0) is 16.9. The predicted octanol–water partition coefficient (Wildman–Crippen LogP) is 3.49. The van der Waals surface area contributed by atoms with Gasteiger partial charge in [0.1, 0.15) is 6.04 Å². The number of alkyl halides is 3. The highest BCUT2D eigenvalue weighted by molar-refractivity contribution is 5.73. The molecule has 0 heterocycles. The van der Waals surface area contributed by atoms with E-state index in [2.05, 4.69) is 5.32 Å². The van der Waals surface area contributed by atoms with Crippen molar-refractivity contribution in [2.45, 2.75) is 25.2 Å². The zero-order valence-corrected chi connectivity index (χ0v) is 12.2. The van der Waals surface area contributed by atoms with Gasteiger partial charge in [-0.15, -0.1) is 0 Å². The minimum atomic E-state index is -4.41. The molecule has 2 rings (SSSR count). The van der Waals surface area contributed by atoms with Crippen molar-refractivity contribution < 1.29 is 23.1 Å². The van der Waals surface area contributed by atoms with Gasteiger partial charge in [0.15, 0.2) is 0 Å². The molecule has 122 valence electrons. The Bertz CT molecular complexity index is 656. The van der Waals surface area contributed by atoms with E-state index in [1.54, 1.807) is 12.1 Å². The van der Waals surface area contributed by atoms with E-state index in [-0.39, 0.29) is 13.0 Å². The van der Waals surface area contributed by atoms with Crippen molar-refractivity contribution in [3.63, 3.8) is 0 Å². The molecule has 0 aliphatic carbocycles. The lowest BCUT2D eigenvalue weighted by molar-refractivity contribution is -0.140. The SMILES string of the molecule is O=C(O)[C@H](Cc1ccccc1)NCc1cccc(C(F)(F)F)c1. The molecule has 0 radical (unpaired) electrons. The molecule has 23 heavy (non-hydrogen) atoms. The van der Waals surface area contributed by atoms with Crippen LogP contribution in [0.2, 0.25) is 0 Å². The summed E-state index contributed by atoms with van der Waals surface area (Å²) in [5.41, 5.74) is 0.488. The summed E-state index contributed by atoms with van der Waals surface area (Å²) in [6.07, 6.45) is -4.15. The molecule has 2 N–H and O–H groups in total. The highest BCUT2D eigenvalue weighted by atomic mass is 19.4. The number of hydrogen-bond donors (Lipinski definition) is 2. The normalized spacial score (nSPS) is 12.8. The van der Waals surface area contributed by atoms with E-state index in [0.717, 1.165) is 17.7 Å². The monoisotopic (exact) mass is 323 g/mol. The number of nitrogens with one attached hydrogen (secondary N) is 1. The molecule has 0 saturated heterocycles. The third kappa shape index (κ3) is 5.10. The molecular formula is C17H16F3NO2. The van der Waals surface area contributed by atoms with Gasteiger partial charge in [-0.25, -0.2) is 0 Å². The Kier molecular flexibility index (Phi) is 5.39. The maximum Gasteiger partial charge on any atom is 0.416 e. The fourth-order valence-corrected chi connectivity index (χ4v) is 2.20. The van der Waals surface area contributed by atoms with Gasteiger partial charge in [-0.3, -0.25) is 4.79 Å². The molecule has 2 aromatic rings. The molecule has 2 aromatic carbocycles. The maximum absolute atomic E-state index is 12.7. The third-order valence-electron chi connectivity index (χ3n) is 3.39. The molecule has 0 unspecified atom stereocenters. The van der Waals surface area contributed by atoms with E-state index in [9.17, 15) is 23.1 Å². The molecule has 1 atom stereocenters. The zero-order valence-electron chi connectivity index (χ0n) is 12.2. The summed E-state index contributed by atoms with van der Waals surface area (Å²) >= 11 is 0. The van der Waals surface area contributed by atoms with Gasteiger partial charge in [0.05, 0.1) is 5.56 Å². The fourth-order valence-electron chi connectivity index (χ4n) is 2.20. The maximum atomic E-state index is 12.7. The van der Waals surface area contributed by atoms with Gasteiger partial charge < -0.3 is 10.4 Å². The molecular weight excluding hydrogens is 307 g/mol. The van der Waals surface area contributed by atoms with Crippen LogP contribution in [0, 0.1) is 0 Å². The van der Waals surface area contributed by atoms with E-state index in [1.807, 2.05) is 18.2 Å². The molecule has 0 aliphatic rings. The van der Waals surface area contributed by atoms with Gasteiger partial charge >= 0.3 is 12.1 Å². The van der Waals surface area contributed by atoms with Crippen molar-refractivity contribution >= 4 is 5.97 Å². The van der Waals surface area contributed by atoms with Gasteiger partial charge in [-0.05, 0) is 23.6 Å². The summed E-state index contributed by atoms with van der Waals surface area (Å²) in [7, 11) is 0. The Morgan fingerprint density at radius 2 is 1.70 bits per heavy atom. The molecule has 0 fully saturated rings. The van der Waals surface area contributed by atoms with Gasteiger partial charge in [0.2, 0.25) is 0 Å². The summed E-state index contributed by atoms with van der Waals surface area (Å²) in [5, 5.41) is 12.0. The van der Waals surface area contributed by atoms with Crippen LogP contribution in [0.3, 0.4) is 0 Å². The quantitative estimate of drug-likeness (QED) is 0.855. The topological polar surface area (TPSA) is 49.3 Å². The van der Waals surface area contributed by atoms with Crippen molar-refractivity contribution in [3.05, 3.63) is 71.3 Å². The van der Waals surface area contributed by atoms with Crippen molar-refractivity contribution in [2.75, 3.05) is 0 Å². The first-order valence-corrected chi connectivity index (χ1v) is 7.02. The van der Waals surface area contributed by atoms with Gasteiger partial charge in [0.25, 0.3) is 0 Å². The minimum absolute atomic E-state index is 0.0493. The van der Waals surface area contributed by atoms with Crippen LogP contribution in [0.25, 0.3) is 0 Å². The summed E-state index contributed by atoms with van der Waals surface area (Å²) in [6.45, 7) is 0.0493. The lowest BCUT2D eigenvalue weighted by atomic mass is 10.1. The van der Waals surface area contributed by atoms with Gasteiger partial charge in [-0.1, -0.05) is 48.5 Å². The van der Waals surface area contributed by atoms with Crippen LogP contribution in [0.1, 0.15) is 16.7 Å². The Morgan fingerprint density at radius 3 is 2.30 bits per heavy atom. The first-order chi connectivity index (χ1) is 10.9. The van der Waals surface area contributed by atoms with Crippen LogP contribution in [0.15, 0.2) is 54.6 Å². The first kappa shape index (κ1) is 17.0. The lowest BCUT2D eigenvalue weighted by Gasteiger charge is -2.15. The number of hydrogen-bond acceptors (Lipinski definition) is 2. The van der Waals surface area contributed by atoms with E-state index in [4.69, 9.17) is 0 Å². The Morgan fingerprint density at radius 1 is 1.04 bits per heavy atom. The number of carboxylic acids is 1. The number of aliphatic carboxylic acids is 1. The van der Waals surface area contributed by atoms with E-state index < -0.39 is 23.8 Å². The smallest absolute Gasteiger partial charge is 0.416 e. The number of benzene rings is 2. The summed E-state index contributed by atoms with van der Waals surface area (Å²) in [5.74, 6) is -1.04. The van der Waals surface area contributed by atoms with Crippen molar-refractivity contribution in [3.8, 4) is 0 Å². The summed E-state index contributed by atoms with van der Waals surface area (Å²) in [6, 6.07) is 13.0. The second kappa shape index (κ2) is 7.28. The van der Waals surface area contributed by atoms with Crippen molar-refractivity contribution in [1.29, 1.82) is 0 Å². The molecule has 3 nitrogen and oxygen atoms in total. The molecule has 0 bridgehead atoms. The number of carboxylic acid groups (broad SMARTS) is 1. The lowest BCUT2D eigenvalue weighted by Crippen LogP contribution is -2.38.